The molecule has 1 aliphatic carbocycles. The van der Waals surface area contributed by atoms with Gasteiger partial charge in [-0.2, -0.15) is 0 Å². The highest BCUT2D eigenvalue weighted by atomic mass is 19.1. The molecule has 0 saturated heterocycles. The molecule has 2 aromatic heterocycles. The second-order valence-corrected chi connectivity index (χ2v) is 6.17. The van der Waals surface area contributed by atoms with Gasteiger partial charge in [0.1, 0.15) is 11.6 Å². The Morgan fingerprint density at radius 3 is 2.80 bits per heavy atom. The third-order valence-corrected chi connectivity index (χ3v) is 4.50. The summed E-state index contributed by atoms with van der Waals surface area (Å²) in [5, 5.41) is 3.91. The van der Waals surface area contributed by atoms with Gasteiger partial charge in [-0.15, -0.1) is 0 Å². The maximum atomic E-state index is 13.0. The van der Waals surface area contributed by atoms with E-state index in [1.165, 1.54) is 24.0 Å². The van der Waals surface area contributed by atoms with Crippen LogP contribution in [-0.2, 0) is 0 Å². The molecule has 0 spiro atoms. The van der Waals surface area contributed by atoms with Crippen molar-refractivity contribution in [2.75, 3.05) is 5.32 Å². The number of nitrogens with zero attached hydrogens (tertiary/aromatic N) is 2. The standard InChI is InChI=1S/C19H17FN4O/c20-14-5-1-12(2-6-14)13-3-7-15(8-4-13)24-18-9-16-17(10-21-18)22-11-23-19(16)25/h1-3,5-6,9-11,15H,4,7-8H2,(H,21,24)(H,22,23,25). The summed E-state index contributed by atoms with van der Waals surface area (Å²) in [5.41, 5.74) is 2.72. The van der Waals surface area contributed by atoms with E-state index in [9.17, 15) is 9.18 Å². The van der Waals surface area contributed by atoms with Crippen LogP contribution in [-0.4, -0.2) is 21.0 Å². The second kappa shape index (κ2) is 6.47. The first-order valence-corrected chi connectivity index (χ1v) is 8.24. The lowest BCUT2D eigenvalue weighted by Gasteiger charge is -2.23. The summed E-state index contributed by atoms with van der Waals surface area (Å²) in [5.74, 6) is 0.459. The molecule has 0 amide bonds. The van der Waals surface area contributed by atoms with E-state index in [1.807, 2.05) is 12.1 Å². The number of rotatable bonds is 3. The highest BCUT2D eigenvalue weighted by molar-refractivity contribution is 5.79. The molecule has 25 heavy (non-hydrogen) atoms. The molecular weight excluding hydrogens is 319 g/mol. The van der Waals surface area contributed by atoms with Crippen LogP contribution in [0.5, 0.6) is 0 Å². The molecule has 1 atom stereocenters. The van der Waals surface area contributed by atoms with Crippen molar-refractivity contribution < 1.29 is 4.39 Å². The largest absolute Gasteiger partial charge is 0.367 e. The number of nitrogens with one attached hydrogen (secondary N) is 2. The molecule has 1 unspecified atom stereocenters. The van der Waals surface area contributed by atoms with Crippen molar-refractivity contribution in [2.45, 2.75) is 25.3 Å². The van der Waals surface area contributed by atoms with E-state index >= 15 is 0 Å². The first-order valence-electron chi connectivity index (χ1n) is 8.24. The molecular formula is C19H17FN4O. The molecule has 2 heterocycles. The van der Waals surface area contributed by atoms with Gasteiger partial charge in [0.2, 0.25) is 0 Å². The van der Waals surface area contributed by atoms with E-state index in [4.69, 9.17) is 0 Å². The van der Waals surface area contributed by atoms with E-state index in [0.29, 0.717) is 16.7 Å². The van der Waals surface area contributed by atoms with Crippen molar-refractivity contribution in [1.82, 2.24) is 15.0 Å². The SMILES string of the molecule is O=c1[nH]cnc2cnc(NC3CC=C(c4ccc(F)cc4)CC3)cc12. The monoisotopic (exact) mass is 336 g/mol. The Morgan fingerprint density at radius 2 is 2.04 bits per heavy atom. The van der Waals surface area contributed by atoms with Gasteiger partial charge in [0.15, 0.2) is 0 Å². The third kappa shape index (κ3) is 3.28. The number of benzene rings is 1. The van der Waals surface area contributed by atoms with Gasteiger partial charge >= 0.3 is 0 Å². The van der Waals surface area contributed by atoms with Crippen LogP contribution in [0, 0.1) is 5.82 Å². The minimum absolute atomic E-state index is 0.169. The molecule has 6 heteroatoms. The first-order chi connectivity index (χ1) is 12.2. The highest BCUT2D eigenvalue weighted by Gasteiger charge is 2.16. The molecule has 0 radical (unpaired) electrons. The summed E-state index contributed by atoms with van der Waals surface area (Å²) in [7, 11) is 0. The summed E-state index contributed by atoms with van der Waals surface area (Å²) in [6, 6.07) is 8.61. The van der Waals surface area contributed by atoms with Crippen LogP contribution >= 0.6 is 0 Å². The Balaban J connectivity index is 1.49. The first kappa shape index (κ1) is 15.5. The third-order valence-electron chi connectivity index (χ3n) is 4.50. The zero-order valence-corrected chi connectivity index (χ0v) is 13.5. The average Bonchev–Trinajstić information content (AvgIpc) is 2.64. The van der Waals surface area contributed by atoms with Gasteiger partial charge in [-0.05, 0) is 48.6 Å². The topological polar surface area (TPSA) is 70.7 Å². The number of H-pyrrole nitrogens is 1. The van der Waals surface area contributed by atoms with Crippen LogP contribution in [0.15, 0.2) is 53.7 Å². The molecule has 2 N–H and O–H groups in total. The Kier molecular flexibility index (Phi) is 4.01. The van der Waals surface area contributed by atoms with Crippen LogP contribution in [0.3, 0.4) is 0 Å². The molecule has 5 nitrogen and oxygen atoms in total. The summed E-state index contributed by atoms with van der Waals surface area (Å²) in [6.45, 7) is 0. The molecule has 0 fully saturated rings. The van der Waals surface area contributed by atoms with Crippen molar-refractivity contribution in [2.24, 2.45) is 0 Å². The van der Waals surface area contributed by atoms with Crippen molar-refractivity contribution in [3.63, 3.8) is 0 Å². The van der Waals surface area contributed by atoms with E-state index in [-0.39, 0.29) is 17.4 Å². The molecule has 1 aromatic carbocycles. The lowest BCUT2D eigenvalue weighted by molar-refractivity contribution is 0.627. The minimum Gasteiger partial charge on any atom is -0.367 e. The molecule has 0 bridgehead atoms. The number of anilines is 1. The van der Waals surface area contributed by atoms with Crippen LogP contribution in [0.2, 0.25) is 0 Å². The second-order valence-electron chi connectivity index (χ2n) is 6.17. The summed E-state index contributed by atoms with van der Waals surface area (Å²) in [6.07, 6.45) is 7.89. The minimum atomic E-state index is -0.216. The van der Waals surface area contributed by atoms with Gasteiger partial charge in [-0.25, -0.2) is 14.4 Å². The van der Waals surface area contributed by atoms with Crippen LogP contribution in [0.4, 0.5) is 10.2 Å². The fourth-order valence-electron chi connectivity index (χ4n) is 3.15. The highest BCUT2D eigenvalue weighted by Crippen LogP contribution is 2.28. The lowest BCUT2D eigenvalue weighted by atomic mass is 9.91. The van der Waals surface area contributed by atoms with Crippen LogP contribution < -0.4 is 10.9 Å². The number of pyridine rings is 1. The number of halogens is 1. The van der Waals surface area contributed by atoms with E-state index in [2.05, 4.69) is 26.3 Å². The number of aromatic nitrogens is 3. The molecule has 4 rings (SSSR count). The number of aromatic amines is 1. The van der Waals surface area contributed by atoms with Crippen molar-refractivity contribution in [1.29, 1.82) is 0 Å². The van der Waals surface area contributed by atoms with Gasteiger partial charge < -0.3 is 10.3 Å². The predicted octanol–water partition coefficient (Wildman–Crippen LogP) is 3.51. The quantitative estimate of drug-likeness (QED) is 0.768. The van der Waals surface area contributed by atoms with E-state index in [1.54, 1.807) is 12.3 Å². The normalized spacial score (nSPS) is 17.3. The number of hydrogen-bond acceptors (Lipinski definition) is 4. The average molecular weight is 336 g/mol. The van der Waals surface area contributed by atoms with Gasteiger partial charge in [-0.1, -0.05) is 18.2 Å². The Hall–Kier alpha value is -3.02. The number of hydrogen-bond donors (Lipinski definition) is 2. The van der Waals surface area contributed by atoms with E-state index < -0.39 is 0 Å². The van der Waals surface area contributed by atoms with Crippen LogP contribution in [0.25, 0.3) is 16.5 Å². The van der Waals surface area contributed by atoms with Gasteiger partial charge in [-0.3, -0.25) is 4.79 Å². The summed E-state index contributed by atoms with van der Waals surface area (Å²) < 4.78 is 13.0. The maximum Gasteiger partial charge on any atom is 0.258 e. The molecule has 0 aliphatic heterocycles. The Morgan fingerprint density at radius 1 is 1.20 bits per heavy atom. The fraction of sp³-hybridized carbons (Fsp3) is 0.211. The van der Waals surface area contributed by atoms with Crippen molar-refractivity contribution in [3.8, 4) is 0 Å². The van der Waals surface area contributed by atoms with Gasteiger partial charge in [0, 0.05) is 6.04 Å². The van der Waals surface area contributed by atoms with Crippen molar-refractivity contribution >= 4 is 22.3 Å². The smallest absolute Gasteiger partial charge is 0.258 e. The van der Waals surface area contributed by atoms with Crippen LogP contribution in [0.1, 0.15) is 24.8 Å². The molecule has 1 aliphatic rings. The summed E-state index contributed by atoms with van der Waals surface area (Å²) in [4.78, 5) is 22.9. The maximum absolute atomic E-state index is 13.0. The molecule has 0 saturated carbocycles. The zero-order chi connectivity index (χ0) is 17.2. The number of fused-ring (bicyclic) bond motifs is 1. The Bertz CT molecular complexity index is 994. The predicted molar refractivity (Wildman–Crippen MR) is 95.8 cm³/mol. The van der Waals surface area contributed by atoms with Gasteiger partial charge in [0.25, 0.3) is 5.56 Å². The van der Waals surface area contributed by atoms with Gasteiger partial charge in [0.05, 0.1) is 23.4 Å². The molecule has 126 valence electrons. The molecule has 3 aromatic rings. The van der Waals surface area contributed by atoms with Crippen molar-refractivity contribution in [3.05, 3.63) is 70.7 Å². The lowest BCUT2D eigenvalue weighted by Crippen LogP contribution is -2.22. The Labute approximate surface area is 143 Å². The number of allylic oxidation sites excluding steroid dienone is 1. The fourth-order valence-corrected chi connectivity index (χ4v) is 3.15. The summed E-state index contributed by atoms with van der Waals surface area (Å²) >= 11 is 0. The zero-order valence-electron chi connectivity index (χ0n) is 13.5. The van der Waals surface area contributed by atoms with E-state index in [0.717, 1.165) is 24.8 Å².